The quantitative estimate of drug-likeness (QED) is 0.693. The highest BCUT2D eigenvalue weighted by Crippen LogP contribution is 2.69. The van der Waals surface area contributed by atoms with Crippen molar-refractivity contribution in [2.75, 3.05) is 33.0 Å². The van der Waals surface area contributed by atoms with E-state index in [4.69, 9.17) is 18.9 Å². The minimum absolute atomic E-state index is 0.118. The van der Waals surface area contributed by atoms with E-state index in [-0.39, 0.29) is 35.2 Å². The average molecular weight is 437 g/mol. The molecule has 0 radical (unpaired) electrons. The summed E-state index contributed by atoms with van der Waals surface area (Å²) in [6, 6.07) is 0. The number of aliphatic hydroxyl groups excluding tert-OH is 2. The molecule has 31 heavy (non-hydrogen) atoms. The minimum Gasteiger partial charge on any atom is -0.396 e. The van der Waals surface area contributed by atoms with E-state index in [1.807, 2.05) is 0 Å². The maximum atomic E-state index is 11.7. The Labute approximate surface area is 186 Å². The van der Waals surface area contributed by atoms with Gasteiger partial charge in [0.1, 0.15) is 0 Å². The Hall–Kier alpha value is -0.240. The number of hydrogen-bond donors (Lipinski definition) is 2. The van der Waals surface area contributed by atoms with E-state index in [1.165, 1.54) is 6.42 Å². The van der Waals surface area contributed by atoms with E-state index >= 15 is 0 Å². The van der Waals surface area contributed by atoms with Crippen molar-refractivity contribution in [1.82, 2.24) is 0 Å². The van der Waals surface area contributed by atoms with Crippen molar-refractivity contribution >= 4 is 0 Å². The lowest BCUT2D eigenvalue weighted by Crippen LogP contribution is -2.62. The molecule has 0 unspecified atom stereocenters. The van der Waals surface area contributed by atoms with Crippen LogP contribution in [0, 0.1) is 40.4 Å². The molecule has 6 heteroatoms. The third-order valence-corrected chi connectivity index (χ3v) is 10.9. The molecule has 0 aromatic heterocycles. The Kier molecular flexibility index (Phi) is 4.90. The van der Waals surface area contributed by atoms with Gasteiger partial charge < -0.3 is 29.2 Å². The first-order chi connectivity index (χ1) is 14.9. The van der Waals surface area contributed by atoms with Crippen molar-refractivity contribution in [3.8, 4) is 0 Å². The summed E-state index contributed by atoms with van der Waals surface area (Å²) in [5, 5.41) is 22.5. The normalized spacial score (nSPS) is 52.6. The van der Waals surface area contributed by atoms with E-state index < -0.39 is 5.79 Å². The van der Waals surface area contributed by atoms with Crippen LogP contribution in [-0.2, 0) is 18.9 Å². The highest BCUT2D eigenvalue weighted by Gasteiger charge is 2.68. The highest BCUT2D eigenvalue weighted by molar-refractivity contribution is 5.15. The molecule has 6 fully saturated rings. The van der Waals surface area contributed by atoms with Crippen LogP contribution in [0.3, 0.4) is 0 Å². The molecular formula is C25H40O6. The first-order valence-electron chi connectivity index (χ1n) is 12.7. The Morgan fingerprint density at radius 3 is 2.26 bits per heavy atom. The largest absolute Gasteiger partial charge is 0.396 e. The third kappa shape index (κ3) is 2.85. The number of aliphatic hydroxyl groups is 2. The van der Waals surface area contributed by atoms with Gasteiger partial charge >= 0.3 is 0 Å². The number of ether oxygens (including phenoxy) is 4. The summed E-state index contributed by atoms with van der Waals surface area (Å²) in [7, 11) is 0. The maximum absolute atomic E-state index is 11.7. The Bertz CT molecular complexity index is 700. The van der Waals surface area contributed by atoms with Crippen LogP contribution in [0.5, 0.6) is 0 Å². The first-order valence-corrected chi connectivity index (χ1v) is 12.7. The molecule has 8 atom stereocenters. The van der Waals surface area contributed by atoms with Gasteiger partial charge in [0.25, 0.3) is 0 Å². The monoisotopic (exact) mass is 436 g/mol. The van der Waals surface area contributed by atoms with Crippen molar-refractivity contribution in [1.29, 1.82) is 0 Å². The molecule has 4 aliphatic carbocycles. The van der Waals surface area contributed by atoms with Crippen LogP contribution in [0.25, 0.3) is 0 Å². The van der Waals surface area contributed by atoms with Crippen molar-refractivity contribution in [3.63, 3.8) is 0 Å². The van der Waals surface area contributed by atoms with E-state index in [1.54, 1.807) is 0 Å². The molecule has 176 valence electrons. The smallest absolute Gasteiger partial charge is 0.169 e. The fourth-order valence-electron chi connectivity index (χ4n) is 9.68. The predicted molar refractivity (Wildman–Crippen MR) is 113 cm³/mol. The molecule has 0 bridgehead atoms. The lowest BCUT2D eigenvalue weighted by atomic mass is 9.43. The molecule has 1 spiro atoms. The fraction of sp³-hybridized carbons (Fsp3) is 1.00. The van der Waals surface area contributed by atoms with Crippen LogP contribution < -0.4 is 0 Å². The van der Waals surface area contributed by atoms with Gasteiger partial charge in [0.15, 0.2) is 11.6 Å². The zero-order chi connectivity index (χ0) is 21.5. The molecular weight excluding hydrogens is 396 g/mol. The average Bonchev–Trinajstić information content (AvgIpc) is 3.48. The maximum Gasteiger partial charge on any atom is 0.169 e. The topological polar surface area (TPSA) is 77.4 Å². The van der Waals surface area contributed by atoms with Crippen LogP contribution in [0.15, 0.2) is 0 Å². The highest BCUT2D eigenvalue weighted by atomic mass is 16.7. The second-order valence-corrected chi connectivity index (χ2v) is 11.9. The van der Waals surface area contributed by atoms with Crippen LogP contribution >= 0.6 is 0 Å². The van der Waals surface area contributed by atoms with E-state index in [0.29, 0.717) is 56.5 Å². The van der Waals surface area contributed by atoms with Crippen LogP contribution in [-0.4, -0.2) is 60.9 Å². The van der Waals surface area contributed by atoms with E-state index in [9.17, 15) is 10.2 Å². The number of fused-ring (bicyclic) bond motifs is 5. The van der Waals surface area contributed by atoms with Crippen molar-refractivity contribution in [3.05, 3.63) is 0 Å². The molecule has 6 aliphatic rings. The summed E-state index contributed by atoms with van der Waals surface area (Å²) in [4.78, 5) is 0. The second kappa shape index (κ2) is 7.13. The molecule has 0 aromatic carbocycles. The van der Waals surface area contributed by atoms with Crippen LogP contribution in [0.4, 0.5) is 0 Å². The summed E-state index contributed by atoms with van der Waals surface area (Å²) in [6.07, 6.45) is 7.69. The molecule has 2 N–H and O–H groups in total. The van der Waals surface area contributed by atoms with Gasteiger partial charge in [-0.2, -0.15) is 0 Å². The predicted octanol–water partition coefficient (Wildman–Crippen LogP) is 3.09. The van der Waals surface area contributed by atoms with Gasteiger partial charge in [-0.05, 0) is 74.5 Å². The molecule has 6 nitrogen and oxygen atoms in total. The Balaban J connectivity index is 1.30. The SMILES string of the molecule is CC1([C@H]2CC[C@H]3[C@@H]4CC[C@@H]5CC6(CC[C@]5(C)[C@H]4[C@@H](O)C[C@]23CO)OCCO6)OCCO1. The Morgan fingerprint density at radius 2 is 1.55 bits per heavy atom. The van der Waals surface area contributed by atoms with Crippen molar-refractivity contribution < 1.29 is 29.2 Å². The third-order valence-electron chi connectivity index (χ3n) is 10.9. The zero-order valence-corrected chi connectivity index (χ0v) is 19.2. The summed E-state index contributed by atoms with van der Waals surface area (Å²) in [5.41, 5.74) is -0.177. The van der Waals surface area contributed by atoms with Gasteiger partial charge in [0, 0.05) is 30.8 Å². The molecule has 0 aromatic rings. The molecule has 2 heterocycles. The zero-order valence-electron chi connectivity index (χ0n) is 19.2. The molecule has 2 saturated heterocycles. The fourth-order valence-corrected chi connectivity index (χ4v) is 9.68. The second-order valence-electron chi connectivity index (χ2n) is 11.9. The van der Waals surface area contributed by atoms with Crippen LogP contribution in [0.2, 0.25) is 0 Å². The van der Waals surface area contributed by atoms with Gasteiger partial charge in [-0.1, -0.05) is 6.92 Å². The summed E-state index contributed by atoms with van der Waals surface area (Å²) < 4.78 is 24.3. The molecule has 0 amide bonds. The lowest BCUT2D eigenvalue weighted by Gasteiger charge is -2.63. The van der Waals surface area contributed by atoms with Gasteiger partial charge in [0.05, 0.1) is 32.5 Å². The molecule has 4 saturated carbocycles. The van der Waals surface area contributed by atoms with Gasteiger partial charge in [-0.3, -0.25) is 0 Å². The summed E-state index contributed by atoms with van der Waals surface area (Å²) >= 11 is 0. The lowest BCUT2D eigenvalue weighted by molar-refractivity contribution is -0.260. The van der Waals surface area contributed by atoms with Gasteiger partial charge in [-0.25, -0.2) is 0 Å². The number of hydrogen-bond acceptors (Lipinski definition) is 6. The first kappa shape index (κ1) is 21.3. The Morgan fingerprint density at radius 1 is 0.839 bits per heavy atom. The van der Waals surface area contributed by atoms with Gasteiger partial charge in [-0.15, -0.1) is 0 Å². The number of rotatable bonds is 2. The summed E-state index contributed by atoms with van der Waals surface area (Å²) in [5.74, 6) is 0.892. The molecule has 2 aliphatic heterocycles. The van der Waals surface area contributed by atoms with E-state index in [2.05, 4.69) is 13.8 Å². The standard InChI is InChI=1S/C25H40O6/c1-22-7-8-25(30-11-12-31-25)13-16(22)3-4-17-18-5-6-20(23(2)28-9-10-29-23)24(18,15-26)14-19(27)21(17)22/h16-21,26-27H,3-15H2,1-2H3/t16-,17+,18+,19+,20-,21-,22+,24-/m1/s1. The minimum atomic E-state index is -0.625. The van der Waals surface area contributed by atoms with Crippen molar-refractivity contribution in [2.45, 2.75) is 82.9 Å². The van der Waals surface area contributed by atoms with E-state index in [0.717, 1.165) is 38.5 Å². The molecule has 6 rings (SSSR count). The van der Waals surface area contributed by atoms with Crippen molar-refractivity contribution in [2.24, 2.45) is 40.4 Å². The van der Waals surface area contributed by atoms with Gasteiger partial charge in [0.2, 0.25) is 0 Å². The van der Waals surface area contributed by atoms with Crippen LogP contribution in [0.1, 0.15) is 65.2 Å². The summed E-state index contributed by atoms with van der Waals surface area (Å²) in [6.45, 7) is 7.29.